The number of unbranched alkanes of at least 4 members (excludes halogenated alkanes) is 6. The van der Waals surface area contributed by atoms with Gasteiger partial charge in [-0.3, -0.25) is 4.79 Å². The Balaban J connectivity index is 0.00000261. The Morgan fingerprint density at radius 1 is 1.11 bits per heavy atom. The molecule has 27 heavy (non-hydrogen) atoms. The normalized spacial score (nSPS) is 21.5. The van der Waals surface area contributed by atoms with Crippen molar-refractivity contribution < 1.29 is 4.79 Å². The molecule has 0 aliphatic carbocycles. The van der Waals surface area contributed by atoms with Crippen LogP contribution in [-0.2, 0) is 4.79 Å². The summed E-state index contributed by atoms with van der Waals surface area (Å²) < 4.78 is 0. The molecule has 1 saturated heterocycles. The van der Waals surface area contributed by atoms with Crippen molar-refractivity contribution in [3.8, 4) is 0 Å². The second-order valence-corrected chi connectivity index (χ2v) is 8.42. The molecule has 1 aromatic rings. The Morgan fingerprint density at radius 2 is 1.81 bits per heavy atom. The molecule has 0 unspecified atom stereocenters. The minimum absolute atomic E-state index is 0. The van der Waals surface area contributed by atoms with Gasteiger partial charge in [0.1, 0.15) is 0 Å². The predicted molar refractivity (Wildman–Crippen MR) is 117 cm³/mol. The number of carbonyl (C=O) groups excluding carboxylic acids is 1. The summed E-state index contributed by atoms with van der Waals surface area (Å²) in [6, 6.07) is 7.03. The molecule has 0 radical (unpaired) electrons. The van der Waals surface area contributed by atoms with Crippen LogP contribution in [0.5, 0.6) is 0 Å². The Bertz CT molecular complexity index is 618. The third kappa shape index (κ3) is 5.26. The summed E-state index contributed by atoms with van der Waals surface area (Å²) in [6.07, 6.45) is 10.6. The van der Waals surface area contributed by atoms with Gasteiger partial charge in [-0.05, 0) is 45.0 Å². The summed E-state index contributed by atoms with van der Waals surface area (Å²) in [7, 11) is 2.20. The van der Waals surface area contributed by atoms with E-state index in [2.05, 4.69) is 48.9 Å². The van der Waals surface area contributed by atoms with Crippen LogP contribution in [0.2, 0.25) is 0 Å². The zero-order chi connectivity index (χ0) is 18.5. The van der Waals surface area contributed by atoms with Crippen LogP contribution in [0.25, 0.3) is 0 Å². The van der Waals surface area contributed by atoms with Crippen LogP contribution in [0.15, 0.2) is 18.2 Å². The number of likely N-dealkylation sites (N-methyl/N-ethyl adjacent to an activating group) is 1. The topological polar surface area (TPSA) is 23.6 Å². The molecule has 152 valence electrons. The summed E-state index contributed by atoms with van der Waals surface area (Å²) in [5.41, 5.74) is 3.89. The van der Waals surface area contributed by atoms with E-state index in [1.54, 1.807) is 0 Å². The summed E-state index contributed by atoms with van der Waals surface area (Å²) in [6.45, 7) is 6.58. The molecule has 2 heterocycles. The van der Waals surface area contributed by atoms with E-state index in [1.165, 1.54) is 55.3 Å². The quantitative estimate of drug-likeness (QED) is 0.530. The van der Waals surface area contributed by atoms with Gasteiger partial charge >= 0.3 is 0 Å². The van der Waals surface area contributed by atoms with Crippen molar-refractivity contribution >= 4 is 24.0 Å². The maximum Gasteiger partial charge on any atom is 0.227 e. The highest BCUT2D eigenvalue weighted by atomic mass is 35.5. The summed E-state index contributed by atoms with van der Waals surface area (Å²) in [4.78, 5) is 17.7. The number of piperidine rings is 1. The summed E-state index contributed by atoms with van der Waals surface area (Å²) in [5.74, 6) is 0.836. The van der Waals surface area contributed by atoms with Gasteiger partial charge in [0.25, 0.3) is 0 Å². The molecule has 4 heteroatoms. The van der Waals surface area contributed by atoms with Crippen LogP contribution in [0.1, 0.15) is 81.8 Å². The minimum atomic E-state index is 0. The third-order valence-electron chi connectivity index (χ3n) is 6.22. The number of likely N-dealkylation sites (tertiary alicyclic amines) is 1. The van der Waals surface area contributed by atoms with E-state index < -0.39 is 0 Å². The molecule has 0 saturated carbocycles. The molecular formula is C23H37ClN2O. The van der Waals surface area contributed by atoms with E-state index >= 15 is 0 Å². The van der Waals surface area contributed by atoms with Crippen molar-refractivity contribution in [1.29, 1.82) is 0 Å². The molecule has 2 aliphatic rings. The van der Waals surface area contributed by atoms with E-state index in [1.807, 2.05) is 0 Å². The second-order valence-electron chi connectivity index (χ2n) is 8.42. The molecule has 0 spiro atoms. The van der Waals surface area contributed by atoms with Gasteiger partial charge in [0, 0.05) is 30.6 Å². The monoisotopic (exact) mass is 392 g/mol. The fourth-order valence-corrected chi connectivity index (χ4v) is 4.76. The minimum Gasteiger partial charge on any atom is -0.308 e. The van der Waals surface area contributed by atoms with Crippen molar-refractivity contribution in [3.63, 3.8) is 0 Å². The smallest absolute Gasteiger partial charge is 0.227 e. The van der Waals surface area contributed by atoms with Gasteiger partial charge in [-0.1, -0.05) is 63.1 Å². The lowest BCUT2D eigenvalue weighted by Gasteiger charge is -2.36. The number of aryl methyl sites for hydroxylation is 1. The zero-order valence-electron chi connectivity index (χ0n) is 17.4. The summed E-state index contributed by atoms with van der Waals surface area (Å²) in [5, 5.41) is 0. The average Bonchev–Trinajstić information content (AvgIpc) is 2.94. The van der Waals surface area contributed by atoms with E-state index in [0.717, 1.165) is 25.9 Å². The number of fused-ring (bicyclic) bond motifs is 3. The first-order valence-electron chi connectivity index (χ1n) is 10.7. The number of rotatable bonds is 8. The highest BCUT2D eigenvalue weighted by Crippen LogP contribution is 2.45. The van der Waals surface area contributed by atoms with E-state index in [0.29, 0.717) is 24.3 Å². The van der Waals surface area contributed by atoms with Gasteiger partial charge < -0.3 is 9.80 Å². The van der Waals surface area contributed by atoms with Gasteiger partial charge in [-0.2, -0.15) is 0 Å². The second kappa shape index (κ2) is 10.5. The van der Waals surface area contributed by atoms with Crippen LogP contribution < -0.4 is 4.90 Å². The number of nitrogens with zero attached hydrogens (tertiary/aromatic N) is 2. The Morgan fingerprint density at radius 3 is 2.56 bits per heavy atom. The number of hydrogen-bond acceptors (Lipinski definition) is 2. The molecule has 1 amide bonds. The van der Waals surface area contributed by atoms with E-state index in [9.17, 15) is 4.79 Å². The van der Waals surface area contributed by atoms with Crippen molar-refractivity contribution in [1.82, 2.24) is 4.90 Å². The Kier molecular flexibility index (Phi) is 8.62. The number of amides is 1. The first-order valence-corrected chi connectivity index (χ1v) is 10.7. The molecule has 3 rings (SSSR count). The highest BCUT2D eigenvalue weighted by Gasteiger charge is 2.43. The molecule has 0 aromatic heterocycles. The van der Waals surface area contributed by atoms with Crippen molar-refractivity contribution in [2.24, 2.45) is 0 Å². The lowest BCUT2D eigenvalue weighted by Crippen LogP contribution is -2.47. The fourth-order valence-electron chi connectivity index (χ4n) is 4.76. The fraction of sp³-hybridized carbons (Fsp3) is 0.696. The van der Waals surface area contributed by atoms with Gasteiger partial charge in [-0.25, -0.2) is 0 Å². The molecule has 1 aromatic carbocycles. The number of halogens is 1. The number of hydrogen-bond donors (Lipinski definition) is 0. The molecule has 3 nitrogen and oxygen atoms in total. The van der Waals surface area contributed by atoms with E-state index in [4.69, 9.17) is 0 Å². The largest absolute Gasteiger partial charge is 0.308 e. The molecule has 2 aliphatic heterocycles. The first kappa shape index (κ1) is 22.2. The zero-order valence-corrected chi connectivity index (χ0v) is 18.2. The van der Waals surface area contributed by atoms with Gasteiger partial charge in [0.2, 0.25) is 5.91 Å². The Hall–Kier alpha value is -1.06. The van der Waals surface area contributed by atoms with Crippen molar-refractivity contribution in [2.45, 2.75) is 83.6 Å². The summed E-state index contributed by atoms with van der Waals surface area (Å²) >= 11 is 0. The predicted octanol–water partition coefficient (Wildman–Crippen LogP) is 5.69. The maximum absolute atomic E-state index is 13.1. The van der Waals surface area contributed by atoms with Crippen LogP contribution in [0.4, 0.5) is 5.69 Å². The molecule has 2 atom stereocenters. The van der Waals surface area contributed by atoms with Crippen LogP contribution >= 0.6 is 12.4 Å². The van der Waals surface area contributed by atoms with Gasteiger partial charge in [0.05, 0.1) is 0 Å². The lowest BCUT2D eigenvalue weighted by atomic mass is 9.89. The SMILES string of the molecule is CCCCCCCCCC(=O)N1c2ccc(C)cc2[C@@H]2CN(C)CC[C@@H]21.Cl. The average molecular weight is 393 g/mol. The number of benzene rings is 1. The number of carbonyl (C=O) groups is 1. The molecule has 0 N–H and O–H groups in total. The van der Waals surface area contributed by atoms with E-state index in [-0.39, 0.29) is 12.4 Å². The van der Waals surface area contributed by atoms with Crippen molar-refractivity contribution in [3.05, 3.63) is 29.3 Å². The standard InChI is InChI=1S/C23H36N2O.ClH/c1-4-5-6-7-8-9-10-11-23(26)25-21-13-12-18(2)16-19(21)20-17-24(3)15-14-22(20)25;/h12-13,16,20,22H,4-11,14-15,17H2,1-3H3;1H/t20-,22-;/m0./s1. The molecule has 1 fully saturated rings. The Labute approximate surface area is 171 Å². The maximum atomic E-state index is 13.1. The van der Waals surface area contributed by atoms with Crippen LogP contribution in [0, 0.1) is 6.92 Å². The molecule has 0 bridgehead atoms. The third-order valence-corrected chi connectivity index (χ3v) is 6.22. The molecular weight excluding hydrogens is 356 g/mol. The van der Waals surface area contributed by atoms with Gasteiger partial charge in [0.15, 0.2) is 0 Å². The van der Waals surface area contributed by atoms with Gasteiger partial charge in [-0.15, -0.1) is 12.4 Å². The van der Waals surface area contributed by atoms with Crippen molar-refractivity contribution in [2.75, 3.05) is 25.0 Å². The first-order chi connectivity index (χ1) is 12.6. The van der Waals surface area contributed by atoms with Crippen LogP contribution in [-0.4, -0.2) is 37.0 Å². The lowest BCUT2D eigenvalue weighted by molar-refractivity contribution is -0.119. The number of anilines is 1. The van der Waals surface area contributed by atoms with Crippen LogP contribution in [0.3, 0.4) is 0 Å². The highest BCUT2D eigenvalue weighted by molar-refractivity contribution is 5.96.